The third kappa shape index (κ3) is 4.31. The summed E-state index contributed by atoms with van der Waals surface area (Å²) in [7, 11) is 0. The van der Waals surface area contributed by atoms with Gasteiger partial charge >= 0.3 is 12.4 Å². The molecule has 0 radical (unpaired) electrons. The van der Waals surface area contributed by atoms with Crippen LogP contribution in [0.3, 0.4) is 0 Å². The lowest BCUT2D eigenvalue weighted by Gasteiger charge is -2.44. The molecule has 4 rings (SSSR count). The van der Waals surface area contributed by atoms with E-state index in [0.29, 0.717) is 18.8 Å². The normalized spacial score (nSPS) is 26.0. The molecule has 1 aromatic rings. The Bertz CT molecular complexity index is 998. The van der Waals surface area contributed by atoms with E-state index in [1.165, 1.54) is 11.8 Å². The minimum absolute atomic E-state index is 0.0414. The number of hydrogen-bond acceptors (Lipinski definition) is 9. The number of fused-ring (bicyclic) bond motifs is 2. The van der Waals surface area contributed by atoms with E-state index in [0.717, 1.165) is 12.1 Å². The average Bonchev–Trinajstić information content (AvgIpc) is 2.98. The zero-order chi connectivity index (χ0) is 23.3. The summed E-state index contributed by atoms with van der Waals surface area (Å²) in [4.78, 5) is 27.7. The summed E-state index contributed by atoms with van der Waals surface area (Å²) in [5, 5.41) is 14.2. The summed E-state index contributed by atoms with van der Waals surface area (Å²) in [6.07, 6.45) is -4.17. The number of hydrogen-bond donors (Lipinski definition) is 1. The third-order valence-corrected chi connectivity index (χ3v) is 6.14. The maximum Gasteiger partial charge on any atom is 0.586 e. The molecule has 0 aliphatic carbocycles. The van der Waals surface area contributed by atoms with Gasteiger partial charge in [0.1, 0.15) is 11.1 Å². The number of ether oxygens (including phenoxy) is 4. The van der Waals surface area contributed by atoms with Crippen LogP contribution >= 0.6 is 11.8 Å². The van der Waals surface area contributed by atoms with E-state index in [9.17, 15) is 23.7 Å². The van der Waals surface area contributed by atoms with Crippen LogP contribution in [0.2, 0.25) is 0 Å². The first-order valence-corrected chi connectivity index (χ1v) is 10.8. The van der Waals surface area contributed by atoms with E-state index < -0.39 is 39.9 Å². The molecule has 1 N–H and O–H groups in total. The van der Waals surface area contributed by atoms with Crippen LogP contribution in [0.15, 0.2) is 17.1 Å². The van der Waals surface area contributed by atoms with Gasteiger partial charge in [-0.15, -0.1) is 8.78 Å². The highest BCUT2D eigenvalue weighted by atomic mass is 32.2. The first kappa shape index (κ1) is 22.5. The van der Waals surface area contributed by atoms with Crippen molar-refractivity contribution in [2.75, 3.05) is 19.0 Å². The van der Waals surface area contributed by atoms with Crippen LogP contribution in [0.5, 0.6) is 11.5 Å². The Labute approximate surface area is 185 Å². The van der Waals surface area contributed by atoms with Gasteiger partial charge in [0.05, 0.1) is 17.6 Å². The van der Waals surface area contributed by atoms with Crippen molar-refractivity contribution in [2.24, 2.45) is 10.9 Å². The molecule has 32 heavy (non-hydrogen) atoms. The van der Waals surface area contributed by atoms with Gasteiger partial charge in [-0.05, 0) is 27.2 Å². The van der Waals surface area contributed by atoms with Crippen LogP contribution in [-0.4, -0.2) is 47.0 Å². The SMILES string of the molecule is CC(C)(C)OC(=O)NC1=N[C@@]2(c3cc([N+](=O)[O-])cc4c3OC(F)(F)O4)COCC[C@H]2CS1. The molecule has 0 bridgehead atoms. The Balaban J connectivity index is 1.80. The molecular weight excluding hydrogens is 452 g/mol. The van der Waals surface area contributed by atoms with E-state index in [2.05, 4.69) is 15.0 Å². The fraction of sp³-hybridized carbons (Fsp3) is 0.579. The molecule has 3 aliphatic heterocycles. The van der Waals surface area contributed by atoms with E-state index >= 15 is 0 Å². The Morgan fingerprint density at radius 2 is 2.12 bits per heavy atom. The highest BCUT2D eigenvalue weighted by Crippen LogP contribution is 2.54. The van der Waals surface area contributed by atoms with Crippen LogP contribution in [0.4, 0.5) is 19.3 Å². The number of rotatable bonds is 2. The maximum absolute atomic E-state index is 13.9. The molecule has 1 saturated heterocycles. The van der Waals surface area contributed by atoms with Gasteiger partial charge in [-0.3, -0.25) is 15.4 Å². The molecule has 0 spiro atoms. The number of alkyl halides is 2. The van der Waals surface area contributed by atoms with Crippen molar-refractivity contribution in [1.29, 1.82) is 0 Å². The minimum Gasteiger partial charge on any atom is -0.444 e. The average molecular weight is 473 g/mol. The van der Waals surface area contributed by atoms with Crippen LogP contribution in [0.1, 0.15) is 32.8 Å². The van der Waals surface area contributed by atoms with Crippen molar-refractivity contribution in [3.63, 3.8) is 0 Å². The van der Waals surface area contributed by atoms with Gasteiger partial charge in [0, 0.05) is 29.9 Å². The number of nitrogens with zero attached hydrogens (tertiary/aromatic N) is 2. The largest absolute Gasteiger partial charge is 0.586 e. The van der Waals surface area contributed by atoms with E-state index in [1.54, 1.807) is 20.8 Å². The number of halogens is 2. The number of aliphatic imine (C=N–C) groups is 1. The van der Waals surface area contributed by atoms with Crippen molar-refractivity contribution in [3.8, 4) is 11.5 Å². The predicted octanol–water partition coefficient (Wildman–Crippen LogP) is 3.78. The van der Waals surface area contributed by atoms with Crippen molar-refractivity contribution >= 4 is 28.7 Å². The predicted molar refractivity (Wildman–Crippen MR) is 109 cm³/mol. The van der Waals surface area contributed by atoms with Crippen LogP contribution < -0.4 is 14.8 Å². The summed E-state index contributed by atoms with van der Waals surface area (Å²) in [6.45, 7) is 5.50. The molecule has 0 aromatic heterocycles. The number of nitro groups is 1. The minimum atomic E-state index is -3.97. The van der Waals surface area contributed by atoms with E-state index in [4.69, 9.17) is 14.2 Å². The molecule has 1 amide bonds. The van der Waals surface area contributed by atoms with Gasteiger partial charge in [-0.2, -0.15) is 0 Å². The molecule has 3 heterocycles. The fourth-order valence-corrected chi connectivity index (χ4v) is 5.01. The zero-order valence-electron chi connectivity index (χ0n) is 17.5. The number of nitrogens with one attached hydrogen (secondary N) is 1. The summed E-state index contributed by atoms with van der Waals surface area (Å²) < 4.78 is 47.9. The second-order valence-electron chi connectivity index (χ2n) is 8.56. The van der Waals surface area contributed by atoms with Gasteiger partial charge in [-0.1, -0.05) is 11.8 Å². The molecule has 1 aromatic carbocycles. The number of carbonyl (C=O) groups is 1. The van der Waals surface area contributed by atoms with Crippen molar-refractivity contribution in [2.45, 2.75) is 44.6 Å². The second-order valence-corrected chi connectivity index (χ2v) is 9.57. The fourth-order valence-electron chi connectivity index (χ4n) is 3.82. The topological polar surface area (TPSA) is 122 Å². The molecular formula is C19H21F2N3O7S. The lowest BCUT2D eigenvalue weighted by atomic mass is 9.76. The highest BCUT2D eigenvalue weighted by molar-refractivity contribution is 8.13. The number of amidine groups is 1. The molecule has 13 heteroatoms. The van der Waals surface area contributed by atoms with Crippen molar-refractivity contribution in [3.05, 3.63) is 27.8 Å². The number of nitro benzene ring substituents is 1. The zero-order valence-corrected chi connectivity index (χ0v) is 18.3. The third-order valence-electron chi connectivity index (χ3n) is 5.10. The molecule has 0 unspecified atom stereocenters. The summed E-state index contributed by atoms with van der Waals surface area (Å²) in [5.41, 5.74) is -2.44. The molecule has 174 valence electrons. The lowest BCUT2D eigenvalue weighted by Crippen LogP contribution is -2.49. The van der Waals surface area contributed by atoms with Crippen molar-refractivity contribution in [1.82, 2.24) is 5.32 Å². The van der Waals surface area contributed by atoms with Crippen molar-refractivity contribution < 1.29 is 37.4 Å². The Hall–Kier alpha value is -2.67. The Morgan fingerprint density at radius 3 is 2.81 bits per heavy atom. The van der Waals surface area contributed by atoms with Crippen LogP contribution in [0.25, 0.3) is 0 Å². The summed E-state index contributed by atoms with van der Waals surface area (Å²) >= 11 is 1.27. The molecule has 10 nitrogen and oxygen atoms in total. The van der Waals surface area contributed by atoms with Gasteiger partial charge < -0.3 is 18.9 Å². The Morgan fingerprint density at radius 1 is 1.38 bits per heavy atom. The first-order valence-electron chi connectivity index (χ1n) is 9.78. The monoisotopic (exact) mass is 473 g/mol. The number of carbonyl (C=O) groups excluding carboxylic acids is 1. The second kappa shape index (κ2) is 7.73. The van der Waals surface area contributed by atoms with E-state index in [-0.39, 0.29) is 29.0 Å². The maximum atomic E-state index is 13.9. The van der Waals surface area contributed by atoms with Crippen LogP contribution in [-0.2, 0) is 15.0 Å². The van der Waals surface area contributed by atoms with Crippen LogP contribution in [0, 0.1) is 16.0 Å². The molecule has 1 fully saturated rings. The van der Waals surface area contributed by atoms with Gasteiger partial charge in [0.15, 0.2) is 16.7 Å². The van der Waals surface area contributed by atoms with Gasteiger partial charge in [0.2, 0.25) is 0 Å². The number of thioether (sulfide) groups is 1. The molecule has 2 atom stereocenters. The summed E-state index contributed by atoms with van der Waals surface area (Å²) in [5.74, 6) is -0.530. The number of amides is 1. The Kier molecular flexibility index (Phi) is 5.44. The first-order chi connectivity index (χ1) is 14.9. The van der Waals surface area contributed by atoms with Gasteiger partial charge in [-0.25, -0.2) is 9.79 Å². The van der Waals surface area contributed by atoms with Gasteiger partial charge in [0.25, 0.3) is 5.69 Å². The number of alkyl carbamates (subject to hydrolysis) is 1. The smallest absolute Gasteiger partial charge is 0.444 e. The molecule has 3 aliphatic rings. The number of non-ortho nitro benzene ring substituents is 1. The quantitative estimate of drug-likeness (QED) is 0.509. The molecule has 0 saturated carbocycles. The standard InChI is InChI=1S/C19H21F2N3O7S/c1-17(2,3)31-16(25)22-15-23-18(9-28-5-4-10(18)8-32-15)12-6-11(24(26)27)7-13-14(12)30-19(20,21)29-13/h6-7,10H,4-5,8-9H2,1-3H3,(H,22,23,25)/t10-,18-/m0/s1. The van der Waals surface area contributed by atoms with E-state index in [1.807, 2.05) is 0 Å². The summed E-state index contributed by atoms with van der Waals surface area (Å²) in [6, 6.07) is 2.03. The highest BCUT2D eigenvalue weighted by Gasteiger charge is 2.53. The lowest BCUT2D eigenvalue weighted by molar-refractivity contribution is -0.385. The number of benzene rings is 1.